The lowest BCUT2D eigenvalue weighted by Crippen LogP contribution is -2.06. The number of methoxy groups -OCH3 is 2. The van der Waals surface area contributed by atoms with Crippen LogP contribution in [0.3, 0.4) is 0 Å². The molecule has 0 fully saturated rings. The topological polar surface area (TPSA) is 54.0 Å². The fourth-order valence-electron chi connectivity index (χ4n) is 2.79. The van der Waals surface area contributed by atoms with E-state index >= 15 is 0 Å². The van der Waals surface area contributed by atoms with Crippen LogP contribution in [-0.4, -0.2) is 20.5 Å². The average molecular weight is 378 g/mol. The number of hydrogen-bond acceptors (Lipinski definition) is 5. The number of carbonyl (C=O) groups excluding carboxylic acids is 1. The Hall–Kier alpha value is -3.47. The molecule has 5 heteroatoms. The molecule has 0 aromatic heterocycles. The van der Waals surface area contributed by atoms with Gasteiger partial charge in [-0.25, -0.2) is 0 Å². The Morgan fingerprint density at radius 3 is 1.79 bits per heavy atom. The third-order valence-corrected chi connectivity index (χ3v) is 4.21. The minimum atomic E-state index is 0.281. The van der Waals surface area contributed by atoms with Crippen molar-refractivity contribution < 1.29 is 23.7 Å². The first-order valence-corrected chi connectivity index (χ1v) is 8.84. The van der Waals surface area contributed by atoms with Crippen molar-refractivity contribution in [3.8, 4) is 23.0 Å². The fraction of sp³-hybridized carbons (Fsp3) is 0.174. The third-order valence-electron chi connectivity index (χ3n) is 4.21. The Bertz CT molecular complexity index is 907. The van der Waals surface area contributed by atoms with Crippen molar-refractivity contribution in [1.82, 2.24) is 0 Å². The average Bonchev–Trinajstić information content (AvgIpc) is 2.76. The molecule has 0 N–H and O–H groups in total. The number of ether oxygens (including phenoxy) is 4. The summed E-state index contributed by atoms with van der Waals surface area (Å²) >= 11 is 0. The van der Waals surface area contributed by atoms with E-state index in [4.69, 9.17) is 18.9 Å². The van der Waals surface area contributed by atoms with Gasteiger partial charge in [0.05, 0.1) is 14.2 Å². The number of aldehydes is 1. The molecule has 3 rings (SSSR count). The summed E-state index contributed by atoms with van der Waals surface area (Å²) in [6.45, 7) is 0.596. The van der Waals surface area contributed by atoms with Crippen LogP contribution in [0.25, 0.3) is 0 Å². The van der Waals surface area contributed by atoms with E-state index in [1.54, 1.807) is 6.07 Å². The van der Waals surface area contributed by atoms with E-state index in [1.807, 2.05) is 60.7 Å². The van der Waals surface area contributed by atoms with Crippen molar-refractivity contribution in [2.45, 2.75) is 13.2 Å². The molecule has 0 saturated heterocycles. The Morgan fingerprint density at radius 2 is 1.29 bits per heavy atom. The Morgan fingerprint density at radius 1 is 0.714 bits per heavy atom. The van der Waals surface area contributed by atoms with E-state index < -0.39 is 0 Å². The largest absolute Gasteiger partial charge is 0.493 e. The number of rotatable bonds is 9. The maximum Gasteiger partial charge on any atom is 0.204 e. The van der Waals surface area contributed by atoms with Gasteiger partial charge in [0.25, 0.3) is 0 Å². The molecule has 0 amide bonds. The van der Waals surface area contributed by atoms with Gasteiger partial charge in [-0.3, -0.25) is 4.79 Å². The van der Waals surface area contributed by atoms with Crippen LogP contribution in [0.1, 0.15) is 21.5 Å². The van der Waals surface area contributed by atoms with E-state index in [1.165, 1.54) is 14.2 Å². The molecule has 5 nitrogen and oxygen atoms in total. The van der Waals surface area contributed by atoms with Crippen LogP contribution in [-0.2, 0) is 13.2 Å². The zero-order valence-corrected chi connectivity index (χ0v) is 15.9. The first kappa shape index (κ1) is 19.3. The molecule has 0 saturated carbocycles. The minimum Gasteiger partial charge on any atom is -0.493 e. The molecule has 0 aliphatic rings. The predicted octanol–water partition coefficient (Wildman–Crippen LogP) is 4.67. The van der Waals surface area contributed by atoms with E-state index in [9.17, 15) is 4.79 Å². The molecule has 0 aliphatic carbocycles. The quantitative estimate of drug-likeness (QED) is 0.506. The monoisotopic (exact) mass is 378 g/mol. The van der Waals surface area contributed by atoms with Gasteiger partial charge in [-0.15, -0.1) is 0 Å². The van der Waals surface area contributed by atoms with Crippen LogP contribution >= 0.6 is 0 Å². The molecule has 0 aliphatic heterocycles. The summed E-state index contributed by atoms with van der Waals surface area (Å²) in [6.07, 6.45) is 0.711. The standard InChI is InChI=1S/C23H22O5/c1-25-21-13-20(27-15-17-9-5-3-6-10-17)19(14-24)22(23(21)26-2)28-16-18-11-7-4-8-12-18/h3-14H,15-16H2,1-2H3. The van der Waals surface area contributed by atoms with Gasteiger partial charge in [-0.05, 0) is 11.1 Å². The van der Waals surface area contributed by atoms with Crippen molar-refractivity contribution in [2.75, 3.05) is 14.2 Å². The van der Waals surface area contributed by atoms with E-state index in [0.29, 0.717) is 35.9 Å². The summed E-state index contributed by atoms with van der Waals surface area (Å²) in [5, 5.41) is 0. The van der Waals surface area contributed by atoms with Crippen LogP contribution in [0.4, 0.5) is 0 Å². The summed E-state index contributed by atoms with van der Waals surface area (Å²) in [4.78, 5) is 11.9. The van der Waals surface area contributed by atoms with Gasteiger partial charge in [0, 0.05) is 6.07 Å². The Balaban J connectivity index is 1.93. The molecule has 0 bridgehead atoms. The van der Waals surface area contributed by atoms with Crippen molar-refractivity contribution in [2.24, 2.45) is 0 Å². The van der Waals surface area contributed by atoms with E-state index in [-0.39, 0.29) is 12.2 Å². The lowest BCUT2D eigenvalue weighted by atomic mass is 10.1. The van der Waals surface area contributed by atoms with Crippen LogP contribution < -0.4 is 18.9 Å². The lowest BCUT2D eigenvalue weighted by molar-refractivity contribution is 0.111. The van der Waals surface area contributed by atoms with Gasteiger partial charge in [0.2, 0.25) is 5.75 Å². The van der Waals surface area contributed by atoms with Gasteiger partial charge >= 0.3 is 0 Å². The molecular formula is C23H22O5. The first-order chi connectivity index (χ1) is 13.8. The molecule has 0 radical (unpaired) electrons. The van der Waals surface area contributed by atoms with E-state index in [2.05, 4.69) is 0 Å². The minimum absolute atomic E-state index is 0.281. The second-order valence-corrected chi connectivity index (χ2v) is 6.02. The molecule has 0 unspecified atom stereocenters. The maximum absolute atomic E-state index is 11.9. The highest BCUT2D eigenvalue weighted by molar-refractivity contribution is 5.87. The molecule has 3 aromatic carbocycles. The van der Waals surface area contributed by atoms with Gasteiger partial charge in [-0.2, -0.15) is 0 Å². The molecule has 0 spiro atoms. The predicted molar refractivity (Wildman–Crippen MR) is 106 cm³/mol. The summed E-state index contributed by atoms with van der Waals surface area (Å²) < 4.78 is 22.7. The van der Waals surface area contributed by atoms with Gasteiger partial charge in [0.15, 0.2) is 17.8 Å². The smallest absolute Gasteiger partial charge is 0.204 e. The third kappa shape index (κ3) is 4.43. The highest BCUT2D eigenvalue weighted by Crippen LogP contribution is 2.45. The first-order valence-electron chi connectivity index (χ1n) is 8.84. The van der Waals surface area contributed by atoms with Crippen molar-refractivity contribution in [1.29, 1.82) is 0 Å². The lowest BCUT2D eigenvalue weighted by Gasteiger charge is -2.19. The normalized spacial score (nSPS) is 10.2. The van der Waals surface area contributed by atoms with Gasteiger partial charge < -0.3 is 18.9 Å². The highest BCUT2D eigenvalue weighted by atomic mass is 16.5. The highest BCUT2D eigenvalue weighted by Gasteiger charge is 2.22. The Labute approximate surface area is 164 Å². The molecule has 144 valence electrons. The Kier molecular flexibility index (Phi) is 6.52. The number of carbonyl (C=O) groups is 1. The van der Waals surface area contributed by atoms with Crippen LogP contribution in [0.2, 0.25) is 0 Å². The van der Waals surface area contributed by atoms with Crippen molar-refractivity contribution >= 4 is 6.29 Å². The summed E-state index contributed by atoms with van der Waals surface area (Å²) in [6, 6.07) is 21.0. The van der Waals surface area contributed by atoms with Gasteiger partial charge in [0.1, 0.15) is 24.5 Å². The SMILES string of the molecule is COc1cc(OCc2ccccc2)c(C=O)c(OCc2ccccc2)c1OC. The molecule has 28 heavy (non-hydrogen) atoms. The zero-order chi connectivity index (χ0) is 19.8. The van der Waals surface area contributed by atoms with Crippen LogP contribution in [0, 0.1) is 0 Å². The maximum atomic E-state index is 11.9. The zero-order valence-electron chi connectivity index (χ0n) is 15.9. The summed E-state index contributed by atoms with van der Waals surface area (Å²) in [5.74, 6) is 1.45. The second kappa shape index (κ2) is 9.46. The molecule has 0 atom stereocenters. The van der Waals surface area contributed by atoms with Crippen molar-refractivity contribution in [3.63, 3.8) is 0 Å². The number of benzene rings is 3. The summed E-state index contributed by atoms with van der Waals surface area (Å²) in [7, 11) is 3.03. The van der Waals surface area contributed by atoms with Crippen LogP contribution in [0.15, 0.2) is 66.7 Å². The molecule has 0 heterocycles. The molecule has 3 aromatic rings. The fourth-order valence-corrected chi connectivity index (χ4v) is 2.79. The van der Waals surface area contributed by atoms with Crippen LogP contribution in [0.5, 0.6) is 23.0 Å². The molecular weight excluding hydrogens is 356 g/mol. The van der Waals surface area contributed by atoms with E-state index in [0.717, 1.165) is 11.1 Å². The van der Waals surface area contributed by atoms with Gasteiger partial charge in [-0.1, -0.05) is 60.7 Å². The van der Waals surface area contributed by atoms with Crippen molar-refractivity contribution in [3.05, 3.63) is 83.4 Å². The number of hydrogen-bond donors (Lipinski definition) is 0. The summed E-state index contributed by atoms with van der Waals surface area (Å²) in [5.41, 5.74) is 2.24. The second-order valence-electron chi connectivity index (χ2n) is 6.02.